The number of rotatable bonds is 30. The predicted octanol–water partition coefficient (Wildman–Crippen LogP) is 10.2. The first kappa shape index (κ1) is 40.1. The van der Waals surface area contributed by atoms with Gasteiger partial charge in [0.05, 0.1) is 18.8 Å². The lowest BCUT2D eigenvalue weighted by Crippen LogP contribution is -2.45. The third kappa shape index (κ3) is 29.6. The molecule has 0 aliphatic carbocycles. The smallest absolute Gasteiger partial charge is 0.220 e. The average Bonchev–Trinajstić information content (AvgIpc) is 2.99. The van der Waals surface area contributed by atoms with Gasteiger partial charge in [0.1, 0.15) is 0 Å². The molecule has 0 bridgehead atoms. The molecule has 0 fully saturated rings. The molecule has 1 unspecified atom stereocenters. The summed E-state index contributed by atoms with van der Waals surface area (Å²) < 4.78 is 0. The Morgan fingerprint density at radius 3 is 1.50 bits per heavy atom. The summed E-state index contributed by atoms with van der Waals surface area (Å²) in [6.45, 7) is 4.23. The van der Waals surface area contributed by atoms with Gasteiger partial charge in [-0.15, -0.1) is 0 Å². The Morgan fingerprint density at radius 2 is 0.976 bits per heavy atom. The van der Waals surface area contributed by atoms with Crippen LogP contribution in [0, 0.1) is 0 Å². The standard InChI is InChI=1S/C38H67NO3/c1-3-5-7-9-11-13-15-17-18-19-20-22-24-26-28-30-32-34-38(42)39-36(35-40)37(41)33-31-29-27-25-23-21-16-14-12-10-8-6-4-2/h11,13,17-18,20,22,26,28,31,33,36-37,40-41H,3-10,12,14-16,19,21,23-25,27,29-30,32,34-35H2,1-2H3,(H,39,42)/b13-11-,18-17-,22-20-,28-26-,33-31+/t36-,37?/m0/s1. The third-order valence-electron chi connectivity index (χ3n) is 7.50. The van der Waals surface area contributed by atoms with Crippen LogP contribution in [-0.2, 0) is 4.79 Å². The molecule has 0 aliphatic rings. The van der Waals surface area contributed by atoms with Gasteiger partial charge >= 0.3 is 0 Å². The van der Waals surface area contributed by atoms with Crippen molar-refractivity contribution in [3.8, 4) is 0 Å². The molecule has 0 heterocycles. The van der Waals surface area contributed by atoms with Crippen LogP contribution >= 0.6 is 0 Å². The topological polar surface area (TPSA) is 69.6 Å². The monoisotopic (exact) mass is 586 g/mol. The lowest BCUT2D eigenvalue weighted by Gasteiger charge is -2.19. The molecule has 0 radical (unpaired) electrons. The molecule has 42 heavy (non-hydrogen) atoms. The number of amides is 1. The van der Waals surface area contributed by atoms with Crippen molar-refractivity contribution in [2.24, 2.45) is 0 Å². The van der Waals surface area contributed by atoms with Crippen LogP contribution in [0.25, 0.3) is 0 Å². The number of hydrogen-bond donors (Lipinski definition) is 3. The summed E-state index contributed by atoms with van der Waals surface area (Å²) in [5.74, 6) is -0.122. The van der Waals surface area contributed by atoms with Crippen molar-refractivity contribution in [3.63, 3.8) is 0 Å². The zero-order chi connectivity index (χ0) is 30.8. The van der Waals surface area contributed by atoms with E-state index < -0.39 is 12.1 Å². The van der Waals surface area contributed by atoms with E-state index in [0.717, 1.165) is 44.9 Å². The molecule has 0 aliphatic heterocycles. The Hall–Kier alpha value is -1.91. The Kier molecular flexibility index (Phi) is 32.1. The van der Waals surface area contributed by atoms with E-state index in [2.05, 4.69) is 67.8 Å². The molecule has 0 aromatic carbocycles. The van der Waals surface area contributed by atoms with E-state index in [1.807, 2.05) is 6.08 Å². The number of allylic oxidation sites excluding steroid dienone is 9. The molecule has 0 aromatic rings. The summed E-state index contributed by atoms with van der Waals surface area (Å²) >= 11 is 0. The number of carbonyl (C=O) groups excluding carboxylic acids is 1. The minimum Gasteiger partial charge on any atom is -0.394 e. The van der Waals surface area contributed by atoms with Gasteiger partial charge in [-0.2, -0.15) is 0 Å². The van der Waals surface area contributed by atoms with E-state index in [0.29, 0.717) is 6.42 Å². The van der Waals surface area contributed by atoms with Gasteiger partial charge in [-0.3, -0.25) is 4.79 Å². The molecule has 1 amide bonds. The average molecular weight is 586 g/mol. The first-order chi connectivity index (χ1) is 20.7. The number of aliphatic hydroxyl groups excluding tert-OH is 2. The summed E-state index contributed by atoms with van der Waals surface area (Å²) in [7, 11) is 0. The molecule has 242 valence electrons. The molecular formula is C38H67NO3. The van der Waals surface area contributed by atoms with Crippen molar-refractivity contribution in [1.29, 1.82) is 0 Å². The maximum absolute atomic E-state index is 12.3. The van der Waals surface area contributed by atoms with Crippen LogP contribution < -0.4 is 5.32 Å². The van der Waals surface area contributed by atoms with Crippen molar-refractivity contribution in [1.82, 2.24) is 5.32 Å². The van der Waals surface area contributed by atoms with Crippen LogP contribution in [0.5, 0.6) is 0 Å². The Balaban J connectivity index is 3.79. The summed E-state index contributed by atoms with van der Waals surface area (Å²) in [4.78, 5) is 12.3. The van der Waals surface area contributed by atoms with E-state index in [4.69, 9.17) is 0 Å². The Morgan fingerprint density at radius 1 is 0.571 bits per heavy atom. The SMILES string of the molecule is CCCCC/C=C\C/C=C\C/C=C\C/C=C\CCCC(=O)N[C@@H](CO)C(O)/C=C/CCCCCCCCCCCCC. The zero-order valence-corrected chi connectivity index (χ0v) is 27.5. The summed E-state index contributed by atoms with van der Waals surface area (Å²) in [5.41, 5.74) is 0. The van der Waals surface area contributed by atoms with Gasteiger partial charge in [-0.25, -0.2) is 0 Å². The number of aliphatic hydroxyl groups is 2. The number of hydrogen-bond acceptors (Lipinski definition) is 3. The highest BCUT2D eigenvalue weighted by Crippen LogP contribution is 2.12. The van der Waals surface area contributed by atoms with E-state index >= 15 is 0 Å². The lowest BCUT2D eigenvalue weighted by molar-refractivity contribution is -0.122. The molecule has 0 saturated carbocycles. The number of nitrogens with one attached hydrogen (secondary N) is 1. The Labute approximate surface area is 260 Å². The van der Waals surface area contributed by atoms with Gasteiger partial charge in [0, 0.05) is 6.42 Å². The molecule has 0 rings (SSSR count). The summed E-state index contributed by atoms with van der Waals surface area (Å²) in [5, 5.41) is 22.8. The maximum atomic E-state index is 12.3. The molecule has 4 heteroatoms. The second kappa shape index (κ2) is 33.6. The van der Waals surface area contributed by atoms with Crippen LogP contribution in [0.3, 0.4) is 0 Å². The van der Waals surface area contributed by atoms with E-state index in [-0.39, 0.29) is 12.5 Å². The van der Waals surface area contributed by atoms with Gasteiger partial charge < -0.3 is 15.5 Å². The molecular weight excluding hydrogens is 518 g/mol. The predicted molar refractivity (Wildman–Crippen MR) is 184 cm³/mol. The first-order valence-corrected chi connectivity index (χ1v) is 17.5. The van der Waals surface area contributed by atoms with E-state index in [9.17, 15) is 15.0 Å². The Bertz CT molecular complexity index is 722. The highest BCUT2D eigenvalue weighted by Gasteiger charge is 2.17. The zero-order valence-electron chi connectivity index (χ0n) is 27.5. The second-order valence-corrected chi connectivity index (χ2v) is 11.6. The van der Waals surface area contributed by atoms with Gasteiger partial charge in [0.25, 0.3) is 0 Å². The molecule has 0 spiro atoms. The minimum absolute atomic E-state index is 0.122. The summed E-state index contributed by atoms with van der Waals surface area (Å²) in [6.07, 6.45) is 45.8. The van der Waals surface area contributed by atoms with Crippen molar-refractivity contribution >= 4 is 5.91 Å². The van der Waals surface area contributed by atoms with Crippen molar-refractivity contribution < 1.29 is 15.0 Å². The largest absolute Gasteiger partial charge is 0.394 e. The molecule has 4 nitrogen and oxygen atoms in total. The highest BCUT2D eigenvalue weighted by molar-refractivity contribution is 5.76. The summed E-state index contributed by atoms with van der Waals surface area (Å²) in [6, 6.07) is -0.650. The fraction of sp³-hybridized carbons (Fsp3) is 0.711. The van der Waals surface area contributed by atoms with Gasteiger partial charge in [0.2, 0.25) is 5.91 Å². The fourth-order valence-corrected chi connectivity index (χ4v) is 4.76. The van der Waals surface area contributed by atoms with Crippen LogP contribution in [0.2, 0.25) is 0 Å². The van der Waals surface area contributed by atoms with Gasteiger partial charge in [-0.05, 0) is 57.8 Å². The van der Waals surface area contributed by atoms with Gasteiger partial charge in [-0.1, -0.05) is 152 Å². The third-order valence-corrected chi connectivity index (χ3v) is 7.50. The molecule has 2 atom stereocenters. The van der Waals surface area contributed by atoms with Crippen LogP contribution in [0.15, 0.2) is 60.8 Å². The molecule has 3 N–H and O–H groups in total. The molecule has 0 aromatic heterocycles. The van der Waals surface area contributed by atoms with E-state index in [1.54, 1.807) is 6.08 Å². The highest BCUT2D eigenvalue weighted by atomic mass is 16.3. The van der Waals surface area contributed by atoms with Crippen LogP contribution in [0.4, 0.5) is 0 Å². The lowest BCUT2D eigenvalue weighted by atomic mass is 10.0. The number of carbonyl (C=O) groups is 1. The van der Waals surface area contributed by atoms with Crippen molar-refractivity contribution in [2.75, 3.05) is 6.61 Å². The van der Waals surface area contributed by atoms with Crippen LogP contribution in [0.1, 0.15) is 155 Å². The van der Waals surface area contributed by atoms with Crippen molar-refractivity contribution in [3.05, 3.63) is 60.8 Å². The molecule has 0 saturated heterocycles. The second-order valence-electron chi connectivity index (χ2n) is 11.6. The van der Waals surface area contributed by atoms with Crippen LogP contribution in [-0.4, -0.2) is 34.9 Å². The normalized spacial score (nSPS) is 13.9. The first-order valence-electron chi connectivity index (χ1n) is 17.5. The fourth-order valence-electron chi connectivity index (χ4n) is 4.76. The van der Waals surface area contributed by atoms with Gasteiger partial charge in [0.15, 0.2) is 0 Å². The maximum Gasteiger partial charge on any atom is 0.220 e. The number of unbranched alkanes of at least 4 members (excludes halogenated alkanes) is 15. The quantitative estimate of drug-likeness (QED) is 0.0580. The van der Waals surface area contributed by atoms with Crippen molar-refractivity contribution in [2.45, 2.75) is 167 Å². The van der Waals surface area contributed by atoms with E-state index in [1.165, 1.54) is 89.9 Å². The minimum atomic E-state index is -0.861.